The summed E-state index contributed by atoms with van der Waals surface area (Å²) in [6, 6.07) is 20.3. The molecule has 26 heavy (non-hydrogen) atoms. The van der Waals surface area contributed by atoms with Gasteiger partial charge in [-0.1, -0.05) is 42.5 Å². The van der Waals surface area contributed by atoms with Crippen molar-refractivity contribution in [1.82, 2.24) is 0 Å². The number of ether oxygens (including phenoxy) is 2. The zero-order valence-electron chi connectivity index (χ0n) is 14.4. The number of benzene rings is 3. The summed E-state index contributed by atoms with van der Waals surface area (Å²) in [6.07, 6.45) is 0. The van der Waals surface area contributed by atoms with E-state index in [-0.39, 0.29) is 19.1 Å². The molecule has 0 radical (unpaired) electrons. The van der Waals surface area contributed by atoms with Crippen LogP contribution in [0.1, 0.15) is 17.3 Å². The topological polar surface area (TPSA) is 64.6 Å². The molecule has 1 amide bonds. The number of amides is 1. The molecule has 0 saturated heterocycles. The highest BCUT2D eigenvalue weighted by Gasteiger charge is 2.14. The van der Waals surface area contributed by atoms with Gasteiger partial charge < -0.3 is 14.8 Å². The van der Waals surface area contributed by atoms with E-state index >= 15 is 0 Å². The highest BCUT2D eigenvalue weighted by atomic mass is 16.5. The fourth-order valence-electron chi connectivity index (χ4n) is 2.57. The molecule has 0 aliphatic heterocycles. The van der Waals surface area contributed by atoms with Gasteiger partial charge in [0.05, 0.1) is 17.9 Å². The van der Waals surface area contributed by atoms with Gasteiger partial charge in [0, 0.05) is 0 Å². The lowest BCUT2D eigenvalue weighted by molar-refractivity contribution is -0.118. The lowest BCUT2D eigenvalue weighted by Gasteiger charge is -2.11. The first-order chi connectivity index (χ1) is 12.7. The van der Waals surface area contributed by atoms with Crippen LogP contribution < -0.4 is 10.1 Å². The van der Waals surface area contributed by atoms with Crippen molar-refractivity contribution in [2.75, 3.05) is 18.5 Å². The van der Waals surface area contributed by atoms with Gasteiger partial charge in [0.1, 0.15) is 5.75 Å². The van der Waals surface area contributed by atoms with Crippen molar-refractivity contribution in [3.63, 3.8) is 0 Å². The molecule has 0 heterocycles. The minimum Gasteiger partial charge on any atom is -0.484 e. The van der Waals surface area contributed by atoms with Crippen molar-refractivity contribution in [2.45, 2.75) is 6.92 Å². The minimum absolute atomic E-state index is 0.157. The number of para-hydroxylation sites is 1. The lowest BCUT2D eigenvalue weighted by atomic mass is 10.1. The first-order valence-electron chi connectivity index (χ1n) is 8.35. The third-order valence-electron chi connectivity index (χ3n) is 3.79. The fourth-order valence-corrected chi connectivity index (χ4v) is 2.57. The Morgan fingerprint density at radius 2 is 1.65 bits per heavy atom. The van der Waals surface area contributed by atoms with Crippen molar-refractivity contribution in [1.29, 1.82) is 0 Å². The van der Waals surface area contributed by atoms with Crippen LogP contribution in [-0.2, 0) is 9.53 Å². The summed E-state index contributed by atoms with van der Waals surface area (Å²) in [6.45, 7) is 1.85. The molecule has 0 aromatic heterocycles. The Morgan fingerprint density at radius 3 is 2.46 bits per heavy atom. The first-order valence-corrected chi connectivity index (χ1v) is 8.35. The SMILES string of the molecule is CCOC(=O)c1ccccc1NC(=O)COc1ccc2ccccc2c1. The Kier molecular flexibility index (Phi) is 5.49. The molecule has 0 bridgehead atoms. The molecular formula is C21H19NO4. The zero-order valence-corrected chi connectivity index (χ0v) is 14.4. The quantitative estimate of drug-likeness (QED) is 0.682. The molecule has 132 valence electrons. The molecule has 0 atom stereocenters. The maximum Gasteiger partial charge on any atom is 0.340 e. The third kappa shape index (κ3) is 4.19. The van der Waals surface area contributed by atoms with Crippen molar-refractivity contribution in [3.05, 3.63) is 72.3 Å². The number of esters is 1. The number of nitrogens with one attached hydrogen (secondary N) is 1. The average Bonchev–Trinajstić information content (AvgIpc) is 2.67. The second-order valence-corrected chi connectivity index (χ2v) is 5.61. The Balaban J connectivity index is 1.64. The second-order valence-electron chi connectivity index (χ2n) is 5.61. The van der Waals surface area contributed by atoms with E-state index in [9.17, 15) is 9.59 Å². The van der Waals surface area contributed by atoms with E-state index in [0.717, 1.165) is 10.8 Å². The van der Waals surface area contributed by atoms with E-state index in [1.807, 2.05) is 42.5 Å². The fraction of sp³-hybridized carbons (Fsp3) is 0.143. The Hall–Kier alpha value is -3.34. The number of fused-ring (bicyclic) bond motifs is 1. The van der Waals surface area contributed by atoms with Gasteiger partial charge in [-0.15, -0.1) is 0 Å². The van der Waals surface area contributed by atoms with Crippen LogP contribution in [0.25, 0.3) is 10.8 Å². The largest absolute Gasteiger partial charge is 0.484 e. The van der Waals surface area contributed by atoms with Gasteiger partial charge in [-0.2, -0.15) is 0 Å². The summed E-state index contributed by atoms with van der Waals surface area (Å²) in [4.78, 5) is 24.1. The van der Waals surface area contributed by atoms with E-state index in [1.54, 1.807) is 31.2 Å². The third-order valence-corrected chi connectivity index (χ3v) is 3.79. The van der Waals surface area contributed by atoms with Crippen molar-refractivity contribution < 1.29 is 19.1 Å². The molecule has 3 aromatic carbocycles. The molecule has 0 spiro atoms. The molecule has 3 rings (SSSR count). The monoisotopic (exact) mass is 349 g/mol. The predicted octanol–water partition coefficient (Wildman–Crippen LogP) is 4.03. The van der Waals surface area contributed by atoms with Gasteiger partial charge in [0.15, 0.2) is 6.61 Å². The van der Waals surface area contributed by atoms with Crippen LogP contribution in [0.4, 0.5) is 5.69 Å². The zero-order chi connectivity index (χ0) is 18.4. The maximum atomic E-state index is 12.2. The highest BCUT2D eigenvalue weighted by molar-refractivity contribution is 6.01. The van der Waals surface area contributed by atoms with Crippen LogP contribution in [0.2, 0.25) is 0 Å². The van der Waals surface area contributed by atoms with Crippen LogP contribution >= 0.6 is 0 Å². The normalized spacial score (nSPS) is 10.3. The van der Waals surface area contributed by atoms with Gasteiger partial charge in [-0.05, 0) is 42.0 Å². The molecule has 0 aliphatic rings. The van der Waals surface area contributed by atoms with Crippen LogP contribution in [-0.4, -0.2) is 25.1 Å². The summed E-state index contributed by atoms with van der Waals surface area (Å²) in [7, 11) is 0. The van der Waals surface area contributed by atoms with Crippen LogP contribution in [0, 0.1) is 0 Å². The Morgan fingerprint density at radius 1 is 0.923 bits per heavy atom. The van der Waals surface area contributed by atoms with Crippen molar-refractivity contribution >= 4 is 28.3 Å². The molecule has 5 nitrogen and oxygen atoms in total. The molecule has 0 fully saturated rings. The van der Waals surface area contributed by atoms with Gasteiger partial charge >= 0.3 is 5.97 Å². The molecular weight excluding hydrogens is 330 g/mol. The average molecular weight is 349 g/mol. The first kappa shape index (κ1) is 17.5. The van der Waals surface area contributed by atoms with E-state index in [2.05, 4.69) is 5.32 Å². The summed E-state index contributed by atoms with van der Waals surface area (Å²) in [5.74, 6) is -0.216. The van der Waals surface area contributed by atoms with Crippen molar-refractivity contribution in [2.24, 2.45) is 0 Å². The summed E-state index contributed by atoms with van der Waals surface area (Å²) < 4.78 is 10.6. The minimum atomic E-state index is -0.473. The number of rotatable bonds is 6. The Labute approximate surface area is 151 Å². The lowest BCUT2D eigenvalue weighted by Crippen LogP contribution is -2.22. The van der Waals surface area contributed by atoms with Gasteiger partial charge in [-0.25, -0.2) is 4.79 Å². The molecule has 0 aliphatic carbocycles. The maximum absolute atomic E-state index is 12.2. The number of carbonyl (C=O) groups excluding carboxylic acids is 2. The molecule has 0 saturated carbocycles. The Bertz CT molecular complexity index is 936. The standard InChI is InChI=1S/C21H19NO4/c1-2-25-21(24)18-9-5-6-10-19(18)22-20(23)14-26-17-12-11-15-7-3-4-8-16(15)13-17/h3-13H,2,14H2,1H3,(H,22,23). The van der Waals surface area contributed by atoms with Gasteiger partial charge in [0.2, 0.25) is 0 Å². The second kappa shape index (κ2) is 8.16. The summed E-state index contributed by atoms with van der Waals surface area (Å²) >= 11 is 0. The highest BCUT2D eigenvalue weighted by Crippen LogP contribution is 2.21. The molecule has 1 N–H and O–H groups in total. The molecule has 0 unspecified atom stereocenters. The number of anilines is 1. The van der Waals surface area contributed by atoms with E-state index < -0.39 is 5.97 Å². The number of carbonyl (C=O) groups is 2. The van der Waals surface area contributed by atoms with Crippen molar-refractivity contribution in [3.8, 4) is 5.75 Å². The summed E-state index contributed by atoms with van der Waals surface area (Å²) in [5, 5.41) is 4.84. The molecule has 3 aromatic rings. The van der Waals surface area contributed by atoms with Gasteiger partial charge in [0.25, 0.3) is 5.91 Å². The summed E-state index contributed by atoms with van der Waals surface area (Å²) in [5.41, 5.74) is 0.714. The van der Waals surface area contributed by atoms with Crippen LogP contribution in [0.15, 0.2) is 66.7 Å². The number of hydrogen-bond donors (Lipinski definition) is 1. The molecule has 5 heteroatoms. The number of hydrogen-bond acceptors (Lipinski definition) is 4. The van der Waals surface area contributed by atoms with Crippen LogP contribution in [0.3, 0.4) is 0 Å². The predicted molar refractivity (Wildman–Crippen MR) is 100 cm³/mol. The van der Waals surface area contributed by atoms with E-state index in [0.29, 0.717) is 17.0 Å². The van der Waals surface area contributed by atoms with Gasteiger partial charge in [-0.3, -0.25) is 4.79 Å². The van der Waals surface area contributed by atoms with E-state index in [4.69, 9.17) is 9.47 Å². The van der Waals surface area contributed by atoms with Crippen LogP contribution in [0.5, 0.6) is 5.75 Å². The smallest absolute Gasteiger partial charge is 0.340 e. The van der Waals surface area contributed by atoms with E-state index in [1.165, 1.54) is 0 Å².